The minimum absolute atomic E-state index is 0.0678. The van der Waals surface area contributed by atoms with Gasteiger partial charge in [0.15, 0.2) is 11.5 Å². The van der Waals surface area contributed by atoms with Crippen molar-refractivity contribution in [3.05, 3.63) is 53.8 Å². The van der Waals surface area contributed by atoms with Gasteiger partial charge in [-0.3, -0.25) is 0 Å². The van der Waals surface area contributed by atoms with E-state index in [0.717, 1.165) is 0 Å². The molecular weight excluding hydrogens is 337 g/mol. The third kappa shape index (κ3) is 3.44. The third-order valence-electron chi connectivity index (χ3n) is 3.82. The summed E-state index contributed by atoms with van der Waals surface area (Å²) >= 11 is 0. The highest BCUT2D eigenvalue weighted by atomic mass is 19.1. The Morgan fingerprint density at radius 1 is 1.08 bits per heavy atom. The molecule has 0 atom stereocenters. The maximum Gasteiger partial charge on any atom is 0.336 e. The number of hydrogen-bond donors (Lipinski definition) is 1. The van der Waals surface area contributed by atoms with E-state index in [1.807, 2.05) is 13.8 Å². The number of hydrogen-bond acceptors (Lipinski definition) is 4. The van der Waals surface area contributed by atoms with Crippen molar-refractivity contribution in [3.63, 3.8) is 0 Å². The number of carbonyl (C=O) groups is 1. The Kier molecular flexibility index (Phi) is 5.02. The number of nitrogens with zero attached hydrogens (tertiary/aromatic N) is 1. The van der Waals surface area contributed by atoms with Gasteiger partial charge in [-0.15, -0.1) is 0 Å². The molecule has 0 aliphatic heterocycles. The highest BCUT2D eigenvalue weighted by Crippen LogP contribution is 2.35. The van der Waals surface area contributed by atoms with Crippen LogP contribution in [0.15, 0.2) is 42.5 Å². The lowest BCUT2D eigenvalue weighted by molar-refractivity contribution is 0.0699. The number of benzene rings is 2. The normalized spacial score (nSPS) is 10.7. The fourth-order valence-electron chi connectivity index (χ4n) is 2.74. The van der Waals surface area contributed by atoms with Crippen LogP contribution in [0.5, 0.6) is 11.5 Å². The number of aromatic carboxylic acids is 1. The molecule has 3 aromatic rings. The minimum atomic E-state index is -1.10. The second-order valence-electron chi connectivity index (χ2n) is 5.55. The molecule has 0 aliphatic rings. The van der Waals surface area contributed by atoms with Crippen molar-refractivity contribution in [1.29, 1.82) is 0 Å². The van der Waals surface area contributed by atoms with Crippen LogP contribution >= 0.6 is 0 Å². The van der Waals surface area contributed by atoms with Crippen molar-refractivity contribution >= 4 is 16.9 Å². The molecule has 0 unspecified atom stereocenters. The van der Waals surface area contributed by atoms with E-state index in [1.165, 1.54) is 18.2 Å². The molecule has 6 heteroatoms. The zero-order valence-corrected chi connectivity index (χ0v) is 14.5. The topological polar surface area (TPSA) is 68.7 Å². The molecule has 1 N–H and O–H groups in total. The number of aromatic nitrogens is 1. The highest BCUT2D eigenvalue weighted by Gasteiger charge is 2.17. The van der Waals surface area contributed by atoms with E-state index in [0.29, 0.717) is 46.9 Å². The average molecular weight is 355 g/mol. The number of rotatable bonds is 6. The SMILES string of the molecule is CCOc1cc2nc(-c3cccc(F)c3)cc(C(=O)O)c2cc1OCC. The van der Waals surface area contributed by atoms with Gasteiger partial charge < -0.3 is 14.6 Å². The summed E-state index contributed by atoms with van der Waals surface area (Å²) in [6, 6.07) is 10.6. The first-order chi connectivity index (χ1) is 12.5. The van der Waals surface area contributed by atoms with Crippen LogP contribution in [0.4, 0.5) is 4.39 Å². The van der Waals surface area contributed by atoms with Gasteiger partial charge in [-0.25, -0.2) is 14.2 Å². The maximum atomic E-state index is 13.5. The van der Waals surface area contributed by atoms with Gasteiger partial charge >= 0.3 is 5.97 Å². The molecule has 5 nitrogen and oxygen atoms in total. The quantitative estimate of drug-likeness (QED) is 0.703. The molecule has 0 radical (unpaired) electrons. The molecule has 3 rings (SSSR count). The summed E-state index contributed by atoms with van der Waals surface area (Å²) in [5, 5.41) is 10.1. The van der Waals surface area contributed by atoms with Crippen LogP contribution in [-0.2, 0) is 0 Å². The van der Waals surface area contributed by atoms with Gasteiger partial charge in [0.1, 0.15) is 5.82 Å². The van der Waals surface area contributed by atoms with Gasteiger partial charge in [-0.1, -0.05) is 12.1 Å². The first-order valence-electron chi connectivity index (χ1n) is 8.27. The summed E-state index contributed by atoms with van der Waals surface area (Å²) in [6.07, 6.45) is 0. The lowest BCUT2D eigenvalue weighted by atomic mass is 10.0. The summed E-state index contributed by atoms with van der Waals surface area (Å²) in [4.78, 5) is 16.3. The Bertz CT molecular complexity index is 971. The van der Waals surface area contributed by atoms with Crippen molar-refractivity contribution in [3.8, 4) is 22.8 Å². The minimum Gasteiger partial charge on any atom is -0.490 e. The van der Waals surface area contributed by atoms with Gasteiger partial charge in [0.25, 0.3) is 0 Å². The largest absolute Gasteiger partial charge is 0.490 e. The smallest absolute Gasteiger partial charge is 0.336 e. The van der Waals surface area contributed by atoms with Crippen molar-refractivity contribution in [2.75, 3.05) is 13.2 Å². The lowest BCUT2D eigenvalue weighted by Crippen LogP contribution is -2.03. The van der Waals surface area contributed by atoms with Crippen LogP contribution < -0.4 is 9.47 Å². The van der Waals surface area contributed by atoms with Crippen LogP contribution in [0, 0.1) is 5.82 Å². The molecule has 2 aromatic carbocycles. The van der Waals surface area contributed by atoms with Crippen molar-refractivity contribution in [1.82, 2.24) is 4.98 Å². The third-order valence-corrected chi connectivity index (χ3v) is 3.82. The molecule has 0 spiro atoms. The van der Waals surface area contributed by atoms with E-state index >= 15 is 0 Å². The summed E-state index contributed by atoms with van der Waals surface area (Å²) in [6.45, 7) is 4.53. The predicted molar refractivity (Wildman–Crippen MR) is 96.4 cm³/mol. The van der Waals surface area contributed by atoms with E-state index in [9.17, 15) is 14.3 Å². The molecule has 0 fully saturated rings. The Hall–Kier alpha value is -3.15. The first kappa shape index (κ1) is 17.7. The molecule has 1 heterocycles. The standard InChI is InChI=1S/C20H18FNO4/c1-3-25-18-10-14-15(20(23)24)9-16(12-6-5-7-13(21)8-12)22-17(14)11-19(18)26-4-2/h5-11H,3-4H2,1-2H3,(H,23,24). The number of fused-ring (bicyclic) bond motifs is 1. The number of ether oxygens (including phenoxy) is 2. The molecular formula is C20H18FNO4. The van der Waals surface area contributed by atoms with Crippen LogP contribution in [0.1, 0.15) is 24.2 Å². The maximum absolute atomic E-state index is 13.5. The Labute approximate surface area is 150 Å². The van der Waals surface area contributed by atoms with Crippen LogP contribution in [0.3, 0.4) is 0 Å². The fourth-order valence-corrected chi connectivity index (χ4v) is 2.74. The molecule has 0 saturated heterocycles. The summed E-state index contributed by atoms with van der Waals surface area (Å²) < 4.78 is 24.7. The van der Waals surface area contributed by atoms with E-state index in [1.54, 1.807) is 24.3 Å². The van der Waals surface area contributed by atoms with E-state index in [2.05, 4.69) is 4.98 Å². The van der Waals surface area contributed by atoms with E-state index in [-0.39, 0.29) is 5.56 Å². The predicted octanol–water partition coefficient (Wildman–Crippen LogP) is 4.54. The molecule has 134 valence electrons. The van der Waals surface area contributed by atoms with Crippen molar-refractivity contribution in [2.45, 2.75) is 13.8 Å². The second-order valence-corrected chi connectivity index (χ2v) is 5.55. The van der Waals surface area contributed by atoms with Gasteiger partial charge in [0.2, 0.25) is 0 Å². The van der Waals surface area contributed by atoms with E-state index < -0.39 is 11.8 Å². The zero-order valence-electron chi connectivity index (χ0n) is 14.5. The van der Waals surface area contributed by atoms with Gasteiger partial charge in [-0.05, 0) is 38.1 Å². The number of halogens is 1. The van der Waals surface area contributed by atoms with Crippen molar-refractivity contribution < 1.29 is 23.8 Å². The second kappa shape index (κ2) is 7.39. The average Bonchev–Trinajstić information content (AvgIpc) is 2.61. The van der Waals surface area contributed by atoms with Crippen LogP contribution in [0.25, 0.3) is 22.2 Å². The summed E-state index contributed by atoms with van der Waals surface area (Å²) in [5.74, 6) is -0.559. The van der Waals surface area contributed by atoms with Crippen molar-refractivity contribution in [2.24, 2.45) is 0 Å². The van der Waals surface area contributed by atoms with Crippen LogP contribution in [0.2, 0.25) is 0 Å². The first-order valence-corrected chi connectivity index (χ1v) is 8.27. The number of carboxylic acids is 1. The molecule has 0 saturated carbocycles. The van der Waals surface area contributed by atoms with Gasteiger partial charge in [0, 0.05) is 17.0 Å². The van der Waals surface area contributed by atoms with Gasteiger partial charge in [-0.2, -0.15) is 0 Å². The highest BCUT2D eigenvalue weighted by molar-refractivity contribution is 6.04. The molecule has 1 aromatic heterocycles. The number of pyridine rings is 1. The van der Waals surface area contributed by atoms with E-state index in [4.69, 9.17) is 9.47 Å². The Morgan fingerprint density at radius 2 is 1.77 bits per heavy atom. The monoisotopic (exact) mass is 355 g/mol. The summed E-state index contributed by atoms with van der Waals surface area (Å²) in [5.41, 5.74) is 1.39. The number of carboxylic acid groups (broad SMARTS) is 1. The Balaban J connectivity index is 2.27. The Morgan fingerprint density at radius 3 is 2.38 bits per heavy atom. The lowest BCUT2D eigenvalue weighted by Gasteiger charge is -2.14. The zero-order chi connectivity index (χ0) is 18.7. The molecule has 0 aliphatic carbocycles. The van der Waals surface area contributed by atoms with Gasteiger partial charge in [0.05, 0.1) is 30.0 Å². The molecule has 0 bridgehead atoms. The summed E-state index contributed by atoms with van der Waals surface area (Å²) in [7, 11) is 0. The molecule has 26 heavy (non-hydrogen) atoms. The fraction of sp³-hybridized carbons (Fsp3) is 0.200. The molecule has 0 amide bonds. The van der Waals surface area contributed by atoms with Crippen LogP contribution in [-0.4, -0.2) is 29.3 Å².